The number of carbonyl (C=O) groups is 1. The fraction of sp³-hybridized carbons (Fsp3) is 0.115. The average Bonchev–Trinajstić information content (AvgIpc) is 3.31. The number of rotatable bonds is 8. The number of nitriles is 1. The van der Waals surface area contributed by atoms with E-state index in [9.17, 15) is 4.79 Å². The highest BCUT2D eigenvalue weighted by Gasteiger charge is 2.17. The number of ether oxygens (including phenoxy) is 1. The zero-order chi connectivity index (χ0) is 25.7. The SMILES string of the molecule is C=C(C#N)C(=O)Nc1cccc(Oc2ncnc(N)c2-c2cnn(Cc3cccc(N(C)C)c3)c2)c1. The molecule has 36 heavy (non-hydrogen) atoms. The molecule has 10 nitrogen and oxygen atoms in total. The Morgan fingerprint density at radius 2 is 2.03 bits per heavy atom. The van der Waals surface area contributed by atoms with Crippen LogP contribution in [-0.4, -0.2) is 39.8 Å². The molecule has 0 aliphatic rings. The van der Waals surface area contributed by atoms with E-state index in [0.717, 1.165) is 11.3 Å². The van der Waals surface area contributed by atoms with E-state index in [4.69, 9.17) is 15.7 Å². The molecule has 0 bridgehead atoms. The molecule has 0 spiro atoms. The van der Waals surface area contributed by atoms with Gasteiger partial charge in [0, 0.05) is 43.3 Å². The Kier molecular flexibility index (Phi) is 6.92. The summed E-state index contributed by atoms with van der Waals surface area (Å²) in [5.74, 6) is 0.290. The lowest BCUT2D eigenvalue weighted by Crippen LogP contribution is -2.12. The van der Waals surface area contributed by atoms with Crippen LogP contribution in [0.1, 0.15) is 5.56 Å². The topological polar surface area (TPSA) is 135 Å². The maximum absolute atomic E-state index is 12.0. The molecule has 10 heteroatoms. The second-order valence-corrected chi connectivity index (χ2v) is 8.10. The lowest BCUT2D eigenvalue weighted by atomic mass is 10.1. The van der Waals surface area contributed by atoms with E-state index in [1.54, 1.807) is 41.2 Å². The molecule has 0 atom stereocenters. The standard InChI is InChI=1S/C26H24N8O2/c1-17(12-27)25(35)32-20-7-5-9-22(11-20)36-26-23(24(28)29-16-30-26)19-13-31-34(15-19)14-18-6-4-8-21(10-18)33(2)3/h4-11,13,15-16H,1,14H2,2-3H3,(H,32,35)(H2,28,29,30). The van der Waals surface area contributed by atoms with Crippen molar-refractivity contribution in [1.82, 2.24) is 19.7 Å². The first-order valence-electron chi connectivity index (χ1n) is 10.9. The van der Waals surface area contributed by atoms with Crippen LogP contribution in [0, 0.1) is 11.3 Å². The minimum Gasteiger partial charge on any atom is -0.438 e. The number of amides is 1. The van der Waals surface area contributed by atoms with Gasteiger partial charge in [-0.25, -0.2) is 9.97 Å². The van der Waals surface area contributed by atoms with Crippen molar-refractivity contribution >= 4 is 23.1 Å². The Bertz CT molecular complexity index is 1470. The lowest BCUT2D eigenvalue weighted by Gasteiger charge is -2.13. The number of aromatic nitrogens is 4. The minimum atomic E-state index is -0.592. The van der Waals surface area contributed by atoms with Gasteiger partial charge in [-0.3, -0.25) is 9.48 Å². The Morgan fingerprint density at radius 1 is 1.22 bits per heavy atom. The van der Waals surface area contributed by atoms with E-state index >= 15 is 0 Å². The van der Waals surface area contributed by atoms with Gasteiger partial charge in [0.25, 0.3) is 5.91 Å². The quantitative estimate of drug-likeness (QED) is 0.287. The maximum atomic E-state index is 12.0. The summed E-state index contributed by atoms with van der Waals surface area (Å²) in [7, 11) is 3.99. The fourth-order valence-corrected chi connectivity index (χ4v) is 3.44. The van der Waals surface area contributed by atoms with Crippen LogP contribution in [-0.2, 0) is 11.3 Å². The van der Waals surface area contributed by atoms with Crippen LogP contribution in [0.25, 0.3) is 11.1 Å². The van der Waals surface area contributed by atoms with Gasteiger partial charge >= 0.3 is 0 Å². The number of nitrogens with zero attached hydrogens (tertiary/aromatic N) is 6. The summed E-state index contributed by atoms with van der Waals surface area (Å²) in [5.41, 5.74) is 9.83. The van der Waals surface area contributed by atoms with E-state index in [1.807, 2.05) is 43.4 Å². The van der Waals surface area contributed by atoms with Gasteiger partial charge in [0.1, 0.15) is 29.5 Å². The smallest absolute Gasteiger partial charge is 0.265 e. The van der Waals surface area contributed by atoms with Gasteiger partial charge in [-0.1, -0.05) is 24.8 Å². The third-order valence-electron chi connectivity index (χ3n) is 5.25. The van der Waals surface area contributed by atoms with Crippen LogP contribution in [0.4, 0.5) is 17.2 Å². The molecule has 4 aromatic rings. The molecule has 2 aromatic heterocycles. The van der Waals surface area contributed by atoms with Crippen LogP contribution in [0.15, 0.2) is 79.4 Å². The Labute approximate surface area is 208 Å². The zero-order valence-corrected chi connectivity index (χ0v) is 19.8. The lowest BCUT2D eigenvalue weighted by molar-refractivity contribution is -0.112. The predicted octanol–water partition coefficient (Wildman–Crippen LogP) is 3.85. The molecule has 0 saturated heterocycles. The number of nitrogens with one attached hydrogen (secondary N) is 1. The highest BCUT2D eigenvalue weighted by Crippen LogP contribution is 2.35. The van der Waals surface area contributed by atoms with Crippen LogP contribution >= 0.6 is 0 Å². The molecule has 0 unspecified atom stereocenters. The van der Waals surface area contributed by atoms with Gasteiger partial charge in [-0.15, -0.1) is 0 Å². The third kappa shape index (κ3) is 5.48. The first-order chi connectivity index (χ1) is 17.3. The van der Waals surface area contributed by atoms with Crippen LogP contribution in [0.2, 0.25) is 0 Å². The predicted molar refractivity (Wildman–Crippen MR) is 137 cm³/mol. The summed E-state index contributed by atoms with van der Waals surface area (Å²) in [5, 5.41) is 15.9. The summed E-state index contributed by atoms with van der Waals surface area (Å²) in [6.07, 6.45) is 4.85. The summed E-state index contributed by atoms with van der Waals surface area (Å²) in [6.45, 7) is 3.98. The van der Waals surface area contributed by atoms with Crippen molar-refractivity contribution in [2.24, 2.45) is 0 Å². The van der Waals surface area contributed by atoms with Crippen molar-refractivity contribution in [2.45, 2.75) is 6.54 Å². The van der Waals surface area contributed by atoms with Gasteiger partial charge < -0.3 is 20.7 Å². The van der Waals surface area contributed by atoms with Crippen molar-refractivity contribution in [3.05, 3.63) is 85.0 Å². The highest BCUT2D eigenvalue weighted by molar-refractivity contribution is 6.06. The molecule has 0 fully saturated rings. The molecule has 180 valence electrons. The Morgan fingerprint density at radius 3 is 2.81 bits per heavy atom. The molecular weight excluding hydrogens is 456 g/mol. The first-order valence-corrected chi connectivity index (χ1v) is 10.9. The van der Waals surface area contributed by atoms with Crippen LogP contribution < -0.4 is 20.7 Å². The van der Waals surface area contributed by atoms with Crippen LogP contribution in [0.5, 0.6) is 11.6 Å². The molecule has 0 aliphatic carbocycles. The van der Waals surface area contributed by atoms with Crippen molar-refractivity contribution in [2.75, 3.05) is 30.0 Å². The maximum Gasteiger partial charge on any atom is 0.265 e. The second-order valence-electron chi connectivity index (χ2n) is 8.10. The molecule has 2 heterocycles. The molecular formula is C26H24N8O2. The first kappa shape index (κ1) is 24.0. The van der Waals surface area contributed by atoms with Crippen molar-refractivity contribution < 1.29 is 9.53 Å². The summed E-state index contributed by atoms with van der Waals surface area (Å²) < 4.78 is 7.82. The Balaban J connectivity index is 1.57. The zero-order valence-electron chi connectivity index (χ0n) is 19.8. The normalized spacial score (nSPS) is 10.4. The minimum absolute atomic E-state index is 0.197. The summed E-state index contributed by atoms with van der Waals surface area (Å²) >= 11 is 0. The summed E-state index contributed by atoms with van der Waals surface area (Å²) in [6, 6.07) is 16.6. The molecule has 2 aromatic carbocycles. The van der Waals surface area contributed by atoms with E-state index in [1.165, 1.54) is 6.33 Å². The third-order valence-corrected chi connectivity index (χ3v) is 5.25. The number of hydrogen-bond acceptors (Lipinski definition) is 8. The largest absolute Gasteiger partial charge is 0.438 e. The molecule has 3 N–H and O–H groups in total. The van der Waals surface area contributed by atoms with E-state index in [2.05, 4.69) is 33.0 Å². The highest BCUT2D eigenvalue weighted by atomic mass is 16.5. The molecule has 4 rings (SSSR count). The monoisotopic (exact) mass is 480 g/mol. The van der Waals surface area contributed by atoms with Crippen molar-refractivity contribution in [3.63, 3.8) is 0 Å². The Hall–Kier alpha value is -5.17. The van der Waals surface area contributed by atoms with Gasteiger partial charge in [0.05, 0.1) is 18.3 Å². The molecule has 0 aliphatic heterocycles. The van der Waals surface area contributed by atoms with Gasteiger partial charge in [0.2, 0.25) is 5.88 Å². The number of carbonyl (C=O) groups excluding carboxylic acids is 1. The van der Waals surface area contributed by atoms with Gasteiger partial charge in [-0.2, -0.15) is 10.4 Å². The number of anilines is 3. The number of hydrogen-bond donors (Lipinski definition) is 2. The van der Waals surface area contributed by atoms with Gasteiger partial charge in [0.15, 0.2) is 0 Å². The van der Waals surface area contributed by atoms with Crippen molar-refractivity contribution in [3.8, 4) is 28.8 Å². The van der Waals surface area contributed by atoms with E-state index in [-0.39, 0.29) is 17.3 Å². The summed E-state index contributed by atoms with van der Waals surface area (Å²) in [4.78, 5) is 22.4. The molecule has 1 amide bonds. The number of nitrogen functional groups attached to an aromatic ring is 1. The van der Waals surface area contributed by atoms with E-state index < -0.39 is 5.91 Å². The number of nitrogens with two attached hydrogens (primary N) is 1. The molecule has 0 saturated carbocycles. The second kappa shape index (κ2) is 10.4. The van der Waals surface area contributed by atoms with Crippen molar-refractivity contribution in [1.29, 1.82) is 5.26 Å². The van der Waals surface area contributed by atoms with Crippen LogP contribution in [0.3, 0.4) is 0 Å². The average molecular weight is 481 g/mol. The number of benzene rings is 2. The van der Waals surface area contributed by atoms with Gasteiger partial charge in [-0.05, 0) is 29.8 Å². The fourth-order valence-electron chi connectivity index (χ4n) is 3.44. The van der Waals surface area contributed by atoms with E-state index in [0.29, 0.717) is 29.1 Å². The molecule has 0 radical (unpaired) electrons.